The first-order valence-corrected chi connectivity index (χ1v) is 8.07. The molecule has 0 fully saturated rings. The van der Waals surface area contributed by atoms with Crippen LogP contribution in [0.2, 0.25) is 0 Å². The van der Waals surface area contributed by atoms with Gasteiger partial charge < -0.3 is 14.7 Å². The molecule has 0 saturated heterocycles. The standard InChI is InChI=1S/C17H23NO2.C2H6/c1-13(2)18(3)11-15(19)12-20-17-10-6-8-14-7-4-5-9-16(14)17;1-2/h4-10,13,15,19H,11-12H2,1-3H3;1-2H3. The number of aliphatic hydroxyl groups excluding tert-OH is 1. The van der Waals surface area contributed by atoms with Crippen LogP contribution in [0, 0.1) is 0 Å². The summed E-state index contributed by atoms with van der Waals surface area (Å²) in [5.74, 6) is 0.828. The summed E-state index contributed by atoms with van der Waals surface area (Å²) in [5.41, 5.74) is 0. The quantitative estimate of drug-likeness (QED) is 0.877. The number of rotatable bonds is 6. The van der Waals surface area contributed by atoms with E-state index in [1.807, 2.05) is 51.2 Å². The third kappa shape index (κ3) is 5.32. The summed E-state index contributed by atoms with van der Waals surface area (Å²) in [6, 6.07) is 14.5. The Morgan fingerprint density at radius 3 is 2.36 bits per heavy atom. The van der Waals surface area contributed by atoms with Crippen LogP contribution in [0.1, 0.15) is 27.7 Å². The van der Waals surface area contributed by atoms with Gasteiger partial charge in [0.25, 0.3) is 0 Å². The summed E-state index contributed by atoms with van der Waals surface area (Å²) in [6.45, 7) is 9.14. The average Bonchev–Trinajstić information content (AvgIpc) is 2.54. The van der Waals surface area contributed by atoms with Gasteiger partial charge in [-0.05, 0) is 32.3 Å². The van der Waals surface area contributed by atoms with Gasteiger partial charge in [0.1, 0.15) is 18.5 Å². The minimum atomic E-state index is -0.485. The molecule has 0 spiro atoms. The zero-order valence-corrected chi connectivity index (χ0v) is 14.4. The van der Waals surface area contributed by atoms with Gasteiger partial charge in [0, 0.05) is 18.0 Å². The van der Waals surface area contributed by atoms with E-state index < -0.39 is 6.10 Å². The monoisotopic (exact) mass is 303 g/mol. The van der Waals surface area contributed by atoms with Gasteiger partial charge in [-0.3, -0.25) is 0 Å². The van der Waals surface area contributed by atoms with Crippen LogP contribution in [0.5, 0.6) is 5.75 Å². The number of hydrogen-bond acceptors (Lipinski definition) is 3. The minimum absolute atomic E-state index is 0.311. The van der Waals surface area contributed by atoms with E-state index in [9.17, 15) is 5.11 Å². The minimum Gasteiger partial charge on any atom is -0.490 e. The van der Waals surface area contributed by atoms with Crippen LogP contribution in [0.4, 0.5) is 0 Å². The summed E-state index contributed by atoms with van der Waals surface area (Å²) in [6.07, 6.45) is -0.485. The van der Waals surface area contributed by atoms with Gasteiger partial charge in [-0.1, -0.05) is 50.2 Å². The third-order valence-electron chi connectivity index (χ3n) is 3.56. The lowest BCUT2D eigenvalue weighted by Crippen LogP contribution is -2.36. The van der Waals surface area contributed by atoms with Gasteiger partial charge in [-0.2, -0.15) is 0 Å². The molecule has 3 heteroatoms. The predicted octanol–water partition coefficient (Wildman–Crippen LogP) is 3.95. The fraction of sp³-hybridized carbons (Fsp3) is 0.474. The number of benzene rings is 2. The molecule has 0 amide bonds. The Bertz CT molecular complexity index is 549. The molecule has 0 aliphatic rings. The summed E-state index contributed by atoms with van der Waals surface area (Å²) < 4.78 is 5.79. The SMILES string of the molecule is CC.CC(C)N(C)CC(O)COc1cccc2ccccc12. The third-order valence-corrected chi connectivity index (χ3v) is 3.56. The van der Waals surface area contributed by atoms with E-state index in [1.165, 1.54) is 0 Å². The van der Waals surface area contributed by atoms with Gasteiger partial charge in [0.15, 0.2) is 0 Å². The molecular formula is C19H29NO2. The molecule has 1 unspecified atom stereocenters. The molecular weight excluding hydrogens is 274 g/mol. The van der Waals surface area contributed by atoms with Gasteiger partial charge in [-0.15, -0.1) is 0 Å². The van der Waals surface area contributed by atoms with Gasteiger partial charge in [-0.25, -0.2) is 0 Å². The Labute approximate surface area is 134 Å². The van der Waals surface area contributed by atoms with Crippen LogP contribution in [-0.4, -0.2) is 42.4 Å². The summed E-state index contributed by atoms with van der Waals surface area (Å²) in [5, 5.41) is 12.3. The van der Waals surface area contributed by atoms with Crippen molar-refractivity contribution >= 4 is 10.8 Å². The van der Waals surface area contributed by atoms with Crippen molar-refractivity contribution in [2.24, 2.45) is 0 Å². The highest BCUT2D eigenvalue weighted by molar-refractivity contribution is 5.88. The molecule has 2 aromatic carbocycles. The number of ether oxygens (including phenoxy) is 1. The lowest BCUT2D eigenvalue weighted by Gasteiger charge is -2.24. The Morgan fingerprint density at radius 2 is 1.68 bits per heavy atom. The van der Waals surface area contributed by atoms with Crippen LogP contribution >= 0.6 is 0 Å². The van der Waals surface area contributed by atoms with Gasteiger partial charge in [0.2, 0.25) is 0 Å². The fourth-order valence-corrected chi connectivity index (χ4v) is 2.10. The lowest BCUT2D eigenvalue weighted by atomic mass is 10.1. The Hall–Kier alpha value is -1.58. The number of fused-ring (bicyclic) bond motifs is 1. The topological polar surface area (TPSA) is 32.7 Å². The molecule has 0 aliphatic heterocycles. The zero-order valence-electron chi connectivity index (χ0n) is 14.4. The molecule has 0 aromatic heterocycles. The lowest BCUT2D eigenvalue weighted by molar-refractivity contribution is 0.0684. The molecule has 1 atom stereocenters. The van der Waals surface area contributed by atoms with Crippen LogP contribution in [0.3, 0.4) is 0 Å². The predicted molar refractivity (Wildman–Crippen MR) is 94.6 cm³/mol. The van der Waals surface area contributed by atoms with E-state index in [0.29, 0.717) is 19.2 Å². The summed E-state index contributed by atoms with van der Waals surface area (Å²) in [4.78, 5) is 2.11. The number of likely N-dealkylation sites (N-methyl/N-ethyl adjacent to an activating group) is 1. The molecule has 0 aliphatic carbocycles. The number of nitrogens with zero attached hydrogens (tertiary/aromatic N) is 1. The van der Waals surface area contributed by atoms with Crippen molar-refractivity contribution in [1.29, 1.82) is 0 Å². The van der Waals surface area contributed by atoms with Gasteiger partial charge >= 0.3 is 0 Å². The summed E-state index contributed by atoms with van der Waals surface area (Å²) in [7, 11) is 2.01. The molecule has 2 aromatic rings. The molecule has 1 N–H and O–H groups in total. The van der Waals surface area contributed by atoms with Crippen molar-refractivity contribution in [3.05, 3.63) is 42.5 Å². The Morgan fingerprint density at radius 1 is 1.05 bits per heavy atom. The molecule has 0 radical (unpaired) electrons. The van der Waals surface area contributed by atoms with Crippen molar-refractivity contribution in [2.45, 2.75) is 39.8 Å². The van der Waals surface area contributed by atoms with Crippen LogP contribution < -0.4 is 4.74 Å². The molecule has 22 heavy (non-hydrogen) atoms. The van der Waals surface area contributed by atoms with E-state index in [1.54, 1.807) is 0 Å². The fourth-order valence-electron chi connectivity index (χ4n) is 2.10. The molecule has 0 bridgehead atoms. The van der Waals surface area contributed by atoms with Crippen molar-refractivity contribution < 1.29 is 9.84 Å². The second-order valence-corrected chi connectivity index (χ2v) is 5.48. The first-order chi connectivity index (χ1) is 10.6. The Kier molecular flexibility index (Phi) is 7.92. The highest BCUT2D eigenvalue weighted by Crippen LogP contribution is 2.25. The molecule has 2 rings (SSSR count). The van der Waals surface area contributed by atoms with Crippen molar-refractivity contribution in [3.8, 4) is 5.75 Å². The number of hydrogen-bond donors (Lipinski definition) is 1. The second-order valence-electron chi connectivity index (χ2n) is 5.48. The first kappa shape index (κ1) is 18.5. The maximum Gasteiger partial charge on any atom is 0.127 e. The Balaban J connectivity index is 0.00000116. The largest absolute Gasteiger partial charge is 0.490 e. The molecule has 0 heterocycles. The van der Waals surface area contributed by atoms with Crippen LogP contribution in [0.15, 0.2) is 42.5 Å². The molecule has 3 nitrogen and oxygen atoms in total. The molecule has 0 saturated carbocycles. The number of aliphatic hydroxyl groups is 1. The highest BCUT2D eigenvalue weighted by Gasteiger charge is 2.12. The van der Waals surface area contributed by atoms with E-state index in [4.69, 9.17) is 4.74 Å². The molecule has 122 valence electrons. The van der Waals surface area contributed by atoms with Crippen molar-refractivity contribution in [2.75, 3.05) is 20.2 Å². The van der Waals surface area contributed by atoms with Crippen LogP contribution in [-0.2, 0) is 0 Å². The van der Waals surface area contributed by atoms with Crippen molar-refractivity contribution in [1.82, 2.24) is 4.90 Å². The maximum atomic E-state index is 10.0. The van der Waals surface area contributed by atoms with E-state index in [2.05, 4.69) is 30.9 Å². The second kappa shape index (κ2) is 9.44. The van der Waals surface area contributed by atoms with Crippen molar-refractivity contribution in [3.63, 3.8) is 0 Å². The summed E-state index contributed by atoms with van der Waals surface area (Å²) >= 11 is 0. The van der Waals surface area contributed by atoms with Crippen LogP contribution in [0.25, 0.3) is 10.8 Å². The highest BCUT2D eigenvalue weighted by atomic mass is 16.5. The first-order valence-electron chi connectivity index (χ1n) is 8.07. The average molecular weight is 303 g/mol. The van der Waals surface area contributed by atoms with E-state index in [-0.39, 0.29) is 0 Å². The zero-order chi connectivity index (χ0) is 16.5. The van der Waals surface area contributed by atoms with Gasteiger partial charge in [0.05, 0.1) is 0 Å². The smallest absolute Gasteiger partial charge is 0.127 e. The van der Waals surface area contributed by atoms with E-state index in [0.717, 1.165) is 16.5 Å². The normalized spacial score (nSPS) is 12.2. The van der Waals surface area contributed by atoms with E-state index >= 15 is 0 Å². The maximum absolute atomic E-state index is 10.0.